The van der Waals surface area contributed by atoms with E-state index in [1.807, 2.05) is 66.4 Å². The van der Waals surface area contributed by atoms with Crippen molar-refractivity contribution in [2.24, 2.45) is 0 Å². The lowest BCUT2D eigenvalue weighted by molar-refractivity contribution is -0.120. The zero-order chi connectivity index (χ0) is 24.2. The molecule has 34 heavy (non-hydrogen) atoms. The Morgan fingerprint density at radius 2 is 1.47 bits per heavy atom. The fourth-order valence-electron chi connectivity index (χ4n) is 4.21. The molecule has 4 rings (SSSR count). The third-order valence-electron chi connectivity index (χ3n) is 5.99. The molecular formula is C28H28N2O4. The van der Waals surface area contributed by atoms with Gasteiger partial charge >= 0.3 is 0 Å². The third kappa shape index (κ3) is 4.03. The average molecular weight is 457 g/mol. The summed E-state index contributed by atoms with van der Waals surface area (Å²) in [6.07, 6.45) is 0.875. The minimum absolute atomic E-state index is 0.330. The number of anilines is 2. The summed E-state index contributed by atoms with van der Waals surface area (Å²) < 4.78 is 10.8. The highest BCUT2D eigenvalue weighted by molar-refractivity contribution is 6.46. The minimum atomic E-state index is -0.370. The van der Waals surface area contributed by atoms with Gasteiger partial charge in [-0.3, -0.25) is 9.59 Å². The van der Waals surface area contributed by atoms with E-state index in [1.165, 1.54) is 4.90 Å². The summed E-state index contributed by atoms with van der Waals surface area (Å²) in [6.45, 7) is 4.54. The van der Waals surface area contributed by atoms with Crippen LogP contribution in [0.25, 0.3) is 5.57 Å². The molecule has 0 radical (unpaired) electrons. The monoisotopic (exact) mass is 456 g/mol. The first-order valence-corrected chi connectivity index (χ1v) is 11.3. The van der Waals surface area contributed by atoms with Crippen LogP contribution in [0, 0.1) is 0 Å². The van der Waals surface area contributed by atoms with E-state index in [-0.39, 0.29) is 11.8 Å². The second-order valence-electron chi connectivity index (χ2n) is 7.84. The number of carbonyl (C=O) groups is 2. The molecule has 174 valence electrons. The van der Waals surface area contributed by atoms with Gasteiger partial charge in [-0.1, -0.05) is 43.3 Å². The maximum atomic E-state index is 13.9. The number of hydrogen-bond donors (Lipinski definition) is 0. The molecule has 0 N–H and O–H groups in total. The molecule has 0 bridgehead atoms. The van der Waals surface area contributed by atoms with Crippen LogP contribution in [0.5, 0.6) is 11.5 Å². The summed E-state index contributed by atoms with van der Waals surface area (Å²) >= 11 is 0. The smallest absolute Gasteiger partial charge is 0.282 e. The molecule has 2 amide bonds. The van der Waals surface area contributed by atoms with Gasteiger partial charge in [-0.25, -0.2) is 4.90 Å². The van der Waals surface area contributed by atoms with Crippen molar-refractivity contribution in [1.82, 2.24) is 0 Å². The van der Waals surface area contributed by atoms with Crippen LogP contribution in [0.1, 0.15) is 25.0 Å². The Hall–Kier alpha value is -4.06. The van der Waals surface area contributed by atoms with E-state index in [1.54, 1.807) is 32.4 Å². The molecule has 6 nitrogen and oxygen atoms in total. The fraction of sp³-hybridized carbons (Fsp3) is 0.214. The lowest BCUT2D eigenvalue weighted by atomic mass is 10.0. The van der Waals surface area contributed by atoms with E-state index in [9.17, 15) is 9.59 Å². The quantitative estimate of drug-likeness (QED) is 0.443. The molecule has 1 aliphatic rings. The number of rotatable bonds is 8. The van der Waals surface area contributed by atoms with E-state index in [4.69, 9.17) is 9.47 Å². The third-order valence-corrected chi connectivity index (χ3v) is 5.99. The van der Waals surface area contributed by atoms with Crippen molar-refractivity contribution in [1.29, 1.82) is 0 Å². The van der Waals surface area contributed by atoms with Crippen LogP contribution in [0.4, 0.5) is 11.4 Å². The van der Waals surface area contributed by atoms with Gasteiger partial charge in [0.2, 0.25) is 0 Å². The predicted molar refractivity (Wildman–Crippen MR) is 134 cm³/mol. The molecule has 0 saturated heterocycles. The summed E-state index contributed by atoms with van der Waals surface area (Å²) in [6, 6.07) is 22.4. The number of ether oxygens (including phenoxy) is 2. The number of nitrogens with zero attached hydrogens (tertiary/aromatic N) is 2. The highest BCUT2D eigenvalue weighted by Gasteiger charge is 2.42. The van der Waals surface area contributed by atoms with Crippen molar-refractivity contribution in [3.8, 4) is 11.5 Å². The van der Waals surface area contributed by atoms with Crippen molar-refractivity contribution in [2.75, 3.05) is 30.6 Å². The molecule has 3 aromatic rings. The number of benzene rings is 3. The van der Waals surface area contributed by atoms with Crippen LogP contribution in [0.3, 0.4) is 0 Å². The van der Waals surface area contributed by atoms with E-state index < -0.39 is 0 Å². The summed E-state index contributed by atoms with van der Waals surface area (Å²) in [7, 11) is 3.10. The molecule has 0 fully saturated rings. The van der Waals surface area contributed by atoms with Gasteiger partial charge in [0.05, 0.1) is 25.5 Å². The number of hydrogen-bond acceptors (Lipinski definition) is 5. The summed E-state index contributed by atoms with van der Waals surface area (Å²) in [5.74, 6) is 0.309. The van der Waals surface area contributed by atoms with Gasteiger partial charge in [0, 0.05) is 12.2 Å². The van der Waals surface area contributed by atoms with Gasteiger partial charge in [-0.2, -0.15) is 0 Å². The van der Waals surface area contributed by atoms with E-state index in [2.05, 4.69) is 6.92 Å². The molecule has 6 heteroatoms. The normalized spacial score (nSPS) is 13.5. The number of amides is 2. The Labute approximate surface area is 200 Å². The largest absolute Gasteiger partial charge is 0.493 e. The van der Waals surface area contributed by atoms with Crippen LogP contribution in [0.2, 0.25) is 0 Å². The Balaban J connectivity index is 1.90. The molecular weight excluding hydrogens is 428 g/mol. The molecule has 0 unspecified atom stereocenters. The van der Waals surface area contributed by atoms with Gasteiger partial charge < -0.3 is 14.4 Å². The first-order valence-electron chi connectivity index (χ1n) is 11.3. The first-order chi connectivity index (χ1) is 16.5. The Bertz CT molecular complexity index is 1230. The number of para-hydroxylation sites is 1. The zero-order valence-corrected chi connectivity index (χ0v) is 19.9. The molecule has 0 aliphatic carbocycles. The van der Waals surface area contributed by atoms with Gasteiger partial charge in [-0.15, -0.1) is 0 Å². The number of likely N-dealkylation sites (N-methyl/N-ethyl adjacent to an activating group) is 1. The van der Waals surface area contributed by atoms with Crippen LogP contribution < -0.4 is 19.3 Å². The van der Waals surface area contributed by atoms with Crippen molar-refractivity contribution in [3.63, 3.8) is 0 Å². The maximum Gasteiger partial charge on any atom is 0.282 e. The molecule has 0 atom stereocenters. The molecule has 1 aliphatic heterocycles. The summed E-state index contributed by atoms with van der Waals surface area (Å²) in [5.41, 5.74) is 3.77. The molecule has 0 aromatic heterocycles. The van der Waals surface area contributed by atoms with E-state index in [0.29, 0.717) is 40.6 Å². The number of aryl methyl sites for hydroxylation is 1. The SMILES string of the molecule is CCc1ccc(N2C(=O)C(c3ccc(OC)c(OC)c3)=C(N(CC)c3ccccc3)C2=O)cc1. The Morgan fingerprint density at radius 3 is 2.06 bits per heavy atom. The molecule has 0 saturated carbocycles. The van der Waals surface area contributed by atoms with Crippen molar-refractivity contribution < 1.29 is 19.1 Å². The fourth-order valence-corrected chi connectivity index (χ4v) is 4.21. The van der Waals surface area contributed by atoms with Crippen LogP contribution in [-0.4, -0.2) is 32.6 Å². The number of carbonyl (C=O) groups excluding carboxylic acids is 2. The highest BCUT2D eigenvalue weighted by Crippen LogP contribution is 2.39. The van der Waals surface area contributed by atoms with Gasteiger partial charge in [-0.05, 0) is 60.9 Å². The van der Waals surface area contributed by atoms with Crippen molar-refractivity contribution in [3.05, 3.63) is 89.6 Å². The lowest BCUT2D eigenvalue weighted by Crippen LogP contribution is -2.35. The molecule has 3 aromatic carbocycles. The second kappa shape index (κ2) is 9.83. The Morgan fingerprint density at radius 1 is 0.794 bits per heavy atom. The van der Waals surface area contributed by atoms with Crippen molar-refractivity contribution >= 4 is 28.8 Å². The first kappa shape index (κ1) is 23.1. The molecule has 1 heterocycles. The van der Waals surface area contributed by atoms with Crippen molar-refractivity contribution in [2.45, 2.75) is 20.3 Å². The van der Waals surface area contributed by atoms with Crippen LogP contribution >= 0.6 is 0 Å². The lowest BCUT2D eigenvalue weighted by Gasteiger charge is -2.25. The maximum absolute atomic E-state index is 13.9. The standard InChI is InChI=1S/C28H28N2O4/c1-5-19-12-15-22(16-13-19)30-27(31)25(20-14-17-23(33-3)24(18-20)34-4)26(28(30)32)29(6-2)21-10-8-7-9-11-21/h7-18H,5-6H2,1-4H3. The second-order valence-corrected chi connectivity index (χ2v) is 7.84. The minimum Gasteiger partial charge on any atom is -0.493 e. The van der Waals surface area contributed by atoms with Gasteiger partial charge in [0.25, 0.3) is 11.8 Å². The number of imide groups is 1. The van der Waals surface area contributed by atoms with Gasteiger partial charge in [0.15, 0.2) is 11.5 Å². The summed E-state index contributed by atoms with van der Waals surface area (Å²) in [4.78, 5) is 30.8. The predicted octanol–water partition coefficient (Wildman–Crippen LogP) is 5.08. The van der Waals surface area contributed by atoms with Gasteiger partial charge in [0.1, 0.15) is 5.70 Å². The summed E-state index contributed by atoms with van der Waals surface area (Å²) in [5, 5.41) is 0. The molecule has 0 spiro atoms. The van der Waals surface area contributed by atoms with Crippen LogP contribution in [0.15, 0.2) is 78.5 Å². The Kier molecular flexibility index (Phi) is 6.68. The zero-order valence-electron chi connectivity index (χ0n) is 19.9. The highest BCUT2D eigenvalue weighted by atomic mass is 16.5. The topological polar surface area (TPSA) is 59.1 Å². The van der Waals surface area contributed by atoms with E-state index in [0.717, 1.165) is 17.7 Å². The van der Waals surface area contributed by atoms with Crippen LogP contribution in [-0.2, 0) is 16.0 Å². The average Bonchev–Trinajstić information content (AvgIpc) is 3.14. The van der Waals surface area contributed by atoms with E-state index >= 15 is 0 Å². The number of methoxy groups -OCH3 is 2.